The summed E-state index contributed by atoms with van der Waals surface area (Å²) in [4.78, 5) is 15.2. The maximum atomic E-state index is 4.58. The van der Waals surface area contributed by atoms with Crippen LogP contribution in [0.3, 0.4) is 0 Å². The van der Waals surface area contributed by atoms with Crippen LogP contribution in [0, 0.1) is 5.92 Å². The first-order valence-electron chi connectivity index (χ1n) is 9.19. The summed E-state index contributed by atoms with van der Waals surface area (Å²) in [5.74, 6) is 1.49. The first-order chi connectivity index (χ1) is 12.3. The molecule has 25 heavy (non-hydrogen) atoms. The lowest BCUT2D eigenvalue weighted by molar-refractivity contribution is 0.0455. The normalized spacial score (nSPS) is 28.4. The minimum absolute atomic E-state index is 0.460. The zero-order valence-electron chi connectivity index (χ0n) is 14.4. The predicted molar refractivity (Wildman–Crippen MR) is 100 cm³/mol. The van der Waals surface area contributed by atoms with Gasteiger partial charge < -0.3 is 10.3 Å². The van der Waals surface area contributed by atoms with E-state index in [1.54, 1.807) is 0 Å². The van der Waals surface area contributed by atoms with E-state index >= 15 is 0 Å². The second-order valence-corrected chi connectivity index (χ2v) is 7.35. The largest absolute Gasteiger partial charge is 0.354 e. The number of nitrogens with one attached hydrogen (secondary N) is 2. The zero-order valence-corrected chi connectivity index (χ0v) is 14.4. The van der Waals surface area contributed by atoms with Gasteiger partial charge in [0.05, 0.1) is 0 Å². The van der Waals surface area contributed by atoms with Crippen LogP contribution in [0.4, 0.5) is 5.95 Å². The fraction of sp³-hybridized carbons (Fsp3) is 0.400. The molecule has 3 fully saturated rings. The minimum Gasteiger partial charge on any atom is -0.354 e. The monoisotopic (exact) mass is 333 g/mol. The Morgan fingerprint density at radius 1 is 1.12 bits per heavy atom. The first-order valence-corrected chi connectivity index (χ1v) is 9.19. The molecule has 1 aromatic carbocycles. The highest BCUT2D eigenvalue weighted by Gasteiger charge is 2.39. The van der Waals surface area contributed by atoms with Gasteiger partial charge in [0.1, 0.15) is 0 Å². The van der Waals surface area contributed by atoms with Gasteiger partial charge >= 0.3 is 0 Å². The Hall–Kier alpha value is -2.40. The third-order valence-electron chi connectivity index (χ3n) is 5.97. The number of anilines is 1. The van der Waals surface area contributed by atoms with Crippen LogP contribution in [-0.4, -0.2) is 45.0 Å². The number of aromatic amines is 1. The maximum Gasteiger partial charge on any atom is 0.222 e. The van der Waals surface area contributed by atoms with Gasteiger partial charge in [-0.15, -0.1) is 0 Å². The van der Waals surface area contributed by atoms with Crippen molar-refractivity contribution in [3.63, 3.8) is 0 Å². The van der Waals surface area contributed by atoms with Gasteiger partial charge in [0.25, 0.3) is 0 Å². The molecule has 6 rings (SSSR count). The van der Waals surface area contributed by atoms with E-state index in [-0.39, 0.29) is 0 Å². The molecule has 3 aliphatic rings. The molecule has 0 unspecified atom stereocenters. The molecular formula is C20H23N5. The number of aromatic nitrogens is 3. The van der Waals surface area contributed by atoms with Gasteiger partial charge in [-0.3, -0.25) is 4.90 Å². The molecule has 0 amide bonds. The average molecular weight is 333 g/mol. The van der Waals surface area contributed by atoms with Crippen molar-refractivity contribution >= 4 is 16.9 Å². The Morgan fingerprint density at radius 2 is 1.88 bits per heavy atom. The fourth-order valence-electron chi connectivity index (χ4n) is 4.46. The molecule has 0 spiro atoms. The fourth-order valence-corrected chi connectivity index (χ4v) is 4.46. The molecule has 3 aliphatic heterocycles. The van der Waals surface area contributed by atoms with Gasteiger partial charge in [-0.1, -0.05) is 18.2 Å². The molecule has 2 N–H and O–H groups in total. The first kappa shape index (κ1) is 14.9. The number of nitrogens with zero attached hydrogens (tertiary/aromatic N) is 3. The molecular weight excluding hydrogens is 310 g/mol. The quantitative estimate of drug-likeness (QED) is 0.770. The van der Waals surface area contributed by atoms with Crippen LogP contribution in [0.15, 0.2) is 42.7 Å². The maximum absolute atomic E-state index is 4.58. The highest BCUT2D eigenvalue weighted by molar-refractivity contribution is 5.85. The molecule has 5 heteroatoms. The third kappa shape index (κ3) is 2.59. The molecule has 3 aromatic rings. The lowest BCUT2D eigenvalue weighted by atomic mass is 9.79. The van der Waals surface area contributed by atoms with E-state index in [1.807, 2.05) is 18.5 Å². The molecule has 2 atom stereocenters. The van der Waals surface area contributed by atoms with Crippen LogP contribution in [0.1, 0.15) is 19.8 Å². The lowest BCUT2D eigenvalue weighted by Crippen LogP contribution is -2.59. The van der Waals surface area contributed by atoms with Crippen molar-refractivity contribution in [2.45, 2.75) is 31.8 Å². The summed E-state index contributed by atoms with van der Waals surface area (Å²) in [6.07, 6.45) is 6.39. The number of H-pyrrole nitrogens is 1. The number of hydrogen-bond acceptors (Lipinski definition) is 4. The Morgan fingerprint density at radius 3 is 2.60 bits per heavy atom. The third-order valence-corrected chi connectivity index (χ3v) is 5.97. The van der Waals surface area contributed by atoms with E-state index in [4.69, 9.17) is 0 Å². The summed E-state index contributed by atoms with van der Waals surface area (Å²) >= 11 is 0. The number of rotatable bonds is 3. The molecule has 2 aromatic heterocycles. The van der Waals surface area contributed by atoms with Crippen LogP contribution >= 0.6 is 0 Å². The van der Waals surface area contributed by atoms with Crippen molar-refractivity contribution in [3.05, 3.63) is 42.7 Å². The lowest BCUT2D eigenvalue weighted by Gasteiger charge is -2.49. The van der Waals surface area contributed by atoms with E-state index in [0.717, 1.165) is 28.6 Å². The number of benzene rings is 1. The topological polar surface area (TPSA) is 56.8 Å². The standard InChI is InChI=1S/C20H23N5/c1-13-19(14-6-8-25(13)9-7-14)24-20-21-11-16(12-22-20)18-10-15-4-2-3-5-17(15)23-18/h2-5,10-14,19,23H,6-9H2,1H3,(H,21,22,24)/t13-,19+/m1/s1. The molecule has 0 aliphatic carbocycles. The minimum atomic E-state index is 0.460. The highest BCUT2D eigenvalue weighted by Crippen LogP contribution is 2.33. The Bertz CT molecular complexity index is 841. The number of fused-ring (bicyclic) bond motifs is 4. The highest BCUT2D eigenvalue weighted by atomic mass is 15.2. The van der Waals surface area contributed by atoms with E-state index in [1.165, 1.54) is 31.3 Å². The van der Waals surface area contributed by atoms with Crippen LogP contribution in [0.5, 0.6) is 0 Å². The molecule has 128 valence electrons. The average Bonchev–Trinajstić information content (AvgIpc) is 3.10. The second-order valence-electron chi connectivity index (χ2n) is 7.35. The molecule has 0 saturated carbocycles. The number of piperidine rings is 3. The van der Waals surface area contributed by atoms with Crippen molar-refractivity contribution in [3.8, 4) is 11.3 Å². The van der Waals surface area contributed by atoms with Gasteiger partial charge in [-0.25, -0.2) is 9.97 Å². The summed E-state index contributed by atoms with van der Waals surface area (Å²) in [6.45, 7) is 4.80. The van der Waals surface area contributed by atoms with Crippen LogP contribution in [0.2, 0.25) is 0 Å². The smallest absolute Gasteiger partial charge is 0.222 e. The molecule has 2 bridgehead atoms. The van der Waals surface area contributed by atoms with Gasteiger partial charge in [-0.05, 0) is 50.9 Å². The number of para-hydroxylation sites is 1. The second kappa shape index (κ2) is 5.85. The Balaban J connectivity index is 1.36. The Labute approximate surface area is 147 Å². The van der Waals surface area contributed by atoms with E-state index in [2.05, 4.69) is 56.4 Å². The molecule has 0 radical (unpaired) electrons. The van der Waals surface area contributed by atoms with E-state index < -0.39 is 0 Å². The van der Waals surface area contributed by atoms with E-state index in [9.17, 15) is 0 Å². The van der Waals surface area contributed by atoms with Crippen molar-refractivity contribution in [1.82, 2.24) is 19.9 Å². The Kier molecular flexibility index (Phi) is 3.48. The molecule has 5 nitrogen and oxygen atoms in total. The summed E-state index contributed by atoms with van der Waals surface area (Å²) in [6, 6.07) is 11.5. The summed E-state index contributed by atoms with van der Waals surface area (Å²) in [7, 11) is 0. The summed E-state index contributed by atoms with van der Waals surface area (Å²) in [5, 5.41) is 4.80. The van der Waals surface area contributed by atoms with Gasteiger partial charge in [0.15, 0.2) is 0 Å². The van der Waals surface area contributed by atoms with Crippen molar-refractivity contribution in [2.75, 3.05) is 18.4 Å². The SMILES string of the molecule is C[C@@H]1[C@H](Nc2ncc(-c3cc4ccccc4[nH]3)cn2)C2CCN1CC2. The predicted octanol–water partition coefficient (Wildman–Crippen LogP) is 3.52. The molecule has 3 saturated heterocycles. The summed E-state index contributed by atoms with van der Waals surface area (Å²) < 4.78 is 0. The van der Waals surface area contributed by atoms with Crippen molar-refractivity contribution < 1.29 is 0 Å². The van der Waals surface area contributed by atoms with Gasteiger partial charge in [0.2, 0.25) is 5.95 Å². The summed E-state index contributed by atoms with van der Waals surface area (Å²) in [5.41, 5.74) is 3.22. The van der Waals surface area contributed by atoms with Crippen molar-refractivity contribution in [2.24, 2.45) is 5.92 Å². The van der Waals surface area contributed by atoms with E-state index in [0.29, 0.717) is 12.1 Å². The number of hydrogen-bond donors (Lipinski definition) is 2. The van der Waals surface area contributed by atoms with Crippen LogP contribution in [0.25, 0.3) is 22.2 Å². The van der Waals surface area contributed by atoms with Crippen LogP contribution < -0.4 is 5.32 Å². The van der Waals surface area contributed by atoms with Crippen molar-refractivity contribution in [1.29, 1.82) is 0 Å². The van der Waals surface area contributed by atoms with Gasteiger partial charge in [-0.2, -0.15) is 0 Å². The zero-order chi connectivity index (χ0) is 16.8. The molecule has 5 heterocycles. The van der Waals surface area contributed by atoms with Gasteiger partial charge in [0, 0.05) is 46.6 Å². The van der Waals surface area contributed by atoms with Crippen LogP contribution in [-0.2, 0) is 0 Å².